The molecule has 3 aromatic rings. The smallest absolute Gasteiger partial charge is 0.262 e. The van der Waals surface area contributed by atoms with Crippen molar-refractivity contribution >= 4 is 45.7 Å². The first kappa shape index (κ1) is 17.0. The molecule has 0 aliphatic rings. The Labute approximate surface area is 153 Å². The molecule has 0 radical (unpaired) electrons. The number of halogens is 2. The maximum Gasteiger partial charge on any atom is 0.262 e. The molecule has 1 N–H and O–H groups in total. The van der Waals surface area contributed by atoms with Gasteiger partial charge in [0.25, 0.3) is 5.91 Å². The Morgan fingerprint density at radius 3 is 2.80 bits per heavy atom. The summed E-state index contributed by atoms with van der Waals surface area (Å²) in [6.45, 7) is -0.203. The molecular formula is C18H11Cl2N3O2. The fourth-order valence-corrected chi connectivity index (χ4v) is 2.69. The molecule has 5 nitrogen and oxygen atoms in total. The number of carbonyl (C=O) groups is 1. The fourth-order valence-electron chi connectivity index (χ4n) is 2.25. The van der Waals surface area contributed by atoms with Crippen LogP contribution in [0.25, 0.3) is 10.9 Å². The Balaban J connectivity index is 1.70. The lowest BCUT2D eigenvalue weighted by atomic mass is 10.2. The third-order valence-electron chi connectivity index (χ3n) is 3.41. The third kappa shape index (κ3) is 3.82. The Hall–Kier alpha value is -2.81. The van der Waals surface area contributed by atoms with Gasteiger partial charge in [-0.05, 0) is 42.5 Å². The van der Waals surface area contributed by atoms with Crippen LogP contribution < -0.4 is 10.1 Å². The molecule has 1 amide bonds. The highest BCUT2D eigenvalue weighted by Gasteiger charge is 2.10. The molecule has 1 aromatic heterocycles. The Bertz CT molecular complexity index is 999. The Kier molecular flexibility index (Phi) is 5.03. The molecule has 0 atom stereocenters. The highest BCUT2D eigenvalue weighted by atomic mass is 35.5. The van der Waals surface area contributed by atoms with Crippen molar-refractivity contribution in [3.05, 3.63) is 64.3 Å². The van der Waals surface area contributed by atoms with Gasteiger partial charge in [0, 0.05) is 17.3 Å². The molecule has 2 aromatic carbocycles. The minimum absolute atomic E-state index is 0.203. The van der Waals surface area contributed by atoms with E-state index in [4.69, 9.17) is 33.2 Å². The number of benzene rings is 2. The number of nitrogens with one attached hydrogen (secondary N) is 1. The molecule has 0 saturated heterocycles. The van der Waals surface area contributed by atoms with Gasteiger partial charge in [0.15, 0.2) is 6.61 Å². The van der Waals surface area contributed by atoms with Crippen molar-refractivity contribution in [2.75, 3.05) is 11.9 Å². The number of amides is 1. The van der Waals surface area contributed by atoms with E-state index in [1.807, 2.05) is 12.1 Å². The van der Waals surface area contributed by atoms with Crippen LogP contribution in [0.15, 0.2) is 48.7 Å². The van der Waals surface area contributed by atoms with E-state index in [1.54, 1.807) is 30.5 Å². The minimum Gasteiger partial charge on any atom is -0.481 e. The maximum absolute atomic E-state index is 12.1. The van der Waals surface area contributed by atoms with Gasteiger partial charge >= 0.3 is 0 Å². The molecule has 124 valence electrons. The molecule has 7 heteroatoms. The summed E-state index contributed by atoms with van der Waals surface area (Å²) in [6, 6.07) is 13.6. The largest absolute Gasteiger partial charge is 0.481 e. The lowest BCUT2D eigenvalue weighted by Crippen LogP contribution is -2.20. The van der Waals surface area contributed by atoms with Crippen LogP contribution in [0.5, 0.6) is 5.75 Å². The summed E-state index contributed by atoms with van der Waals surface area (Å²) in [6.07, 6.45) is 1.63. The number of aromatic nitrogens is 1. The highest BCUT2D eigenvalue weighted by molar-refractivity contribution is 6.35. The zero-order valence-electron chi connectivity index (χ0n) is 12.8. The number of ether oxygens (including phenoxy) is 1. The first-order chi connectivity index (χ1) is 12.1. The van der Waals surface area contributed by atoms with Gasteiger partial charge in [-0.15, -0.1) is 0 Å². The zero-order chi connectivity index (χ0) is 17.8. The predicted octanol–water partition coefficient (Wildman–Crippen LogP) is 4.43. The Morgan fingerprint density at radius 1 is 1.20 bits per heavy atom. The van der Waals surface area contributed by atoms with E-state index in [0.717, 1.165) is 5.39 Å². The van der Waals surface area contributed by atoms with Crippen molar-refractivity contribution in [1.29, 1.82) is 5.26 Å². The molecule has 1 heterocycles. The number of rotatable bonds is 4. The second kappa shape index (κ2) is 7.39. The number of nitrogens with zero attached hydrogens (tertiary/aromatic N) is 2. The van der Waals surface area contributed by atoms with Gasteiger partial charge in [-0.1, -0.05) is 23.2 Å². The quantitative estimate of drug-likeness (QED) is 0.735. The van der Waals surface area contributed by atoms with Gasteiger partial charge < -0.3 is 10.1 Å². The number of nitriles is 1. The van der Waals surface area contributed by atoms with E-state index in [1.165, 1.54) is 12.1 Å². The summed E-state index contributed by atoms with van der Waals surface area (Å²) in [5.41, 5.74) is 1.41. The van der Waals surface area contributed by atoms with Crippen molar-refractivity contribution in [3.63, 3.8) is 0 Å². The van der Waals surface area contributed by atoms with Crippen molar-refractivity contribution in [2.45, 2.75) is 0 Å². The zero-order valence-corrected chi connectivity index (χ0v) is 14.3. The van der Waals surface area contributed by atoms with Crippen molar-refractivity contribution in [2.24, 2.45) is 0 Å². The SMILES string of the molecule is N#Cc1ccc(NC(=O)COc2ccc(Cl)c3cccnc23)cc1Cl. The second-order valence-electron chi connectivity index (χ2n) is 5.09. The Morgan fingerprint density at radius 2 is 2.04 bits per heavy atom. The molecule has 0 saturated carbocycles. The summed E-state index contributed by atoms with van der Waals surface area (Å²) in [7, 11) is 0. The number of hydrogen-bond donors (Lipinski definition) is 1. The molecule has 25 heavy (non-hydrogen) atoms. The predicted molar refractivity (Wildman–Crippen MR) is 97.0 cm³/mol. The molecule has 0 aliphatic carbocycles. The number of fused-ring (bicyclic) bond motifs is 1. The first-order valence-electron chi connectivity index (χ1n) is 7.24. The average molecular weight is 372 g/mol. The van der Waals surface area contributed by atoms with Gasteiger partial charge in [0.05, 0.1) is 15.6 Å². The van der Waals surface area contributed by atoms with Crippen LogP contribution in [-0.2, 0) is 4.79 Å². The molecule has 0 aliphatic heterocycles. The normalized spacial score (nSPS) is 10.3. The standard InChI is InChI=1S/C18H11Cl2N3O2/c19-14-5-6-16(18-13(14)2-1-7-22-18)25-10-17(24)23-12-4-3-11(9-21)15(20)8-12/h1-8H,10H2,(H,23,24). The molecule has 0 fully saturated rings. The van der Waals surface area contributed by atoms with Gasteiger partial charge in [-0.25, -0.2) is 0 Å². The van der Waals surface area contributed by atoms with Crippen LogP contribution in [0.2, 0.25) is 10.0 Å². The minimum atomic E-state index is -0.361. The number of anilines is 1. The summed E-state index contributed by atoms with van der Waals surface area (Å²) < 4.78 is 5.56. The van der Waals surface area contributed by atoms with Crippen molar-refractivity contribution in [3.8, 4) is 11.8 Å². The van der Waals surface area contributed by atoms with Crippen LogP contribution in [0, 0.1) is 11.3 Å². The maximum atomic E-state index is 12.1. The van der Waals surface area contributed by atoms with Gasteiger partial charge in [-0.2, -0.15) is 5.26 Å². The highest BCUT2D eigenvalue weighted by Crippen LogP contribution is 2.29. The summed E-state index contributed by atoms with van der Waals surface area (Å²) in [4.78, 5) is 16.3. The van der Waals surface area contributed by atoms with Crippen LogP contribution >= 0.6 is 23.2 Å². The molecular weight excluding hydrogens is 361 g/mol. The van der Waals surface area contributed by atoms with Crippen LogP contribution in [0.3, 0.4) is 0 Å². The first-order valence-corrected chi connectivity index (χ1v) is 7.99. The molecule has 0 bridgehead atoms. The van der Waals surface area contributed by atoms with E-state index < -0.39 is 0 Å². The summed E-state index contributed by atoms with van der Waals surface area (Å²) in [5.74, 6) is 0.104. The van der Waals surface area contributed by atoms with Gasteiger partial charge in [0.2, 0.25) is 0 Å². The molecule has 0 unspecified atom stereocenters. The number of hydrogen-bond acceptors (Lipinski definition) is 4. The van der Waals surface area contributed by atoms with Crippen molar-refractivity contribution in [1.82, 2.24) is 4.98 Å². The van der Waals surface area contributed by atoms with Crippen LogP contribution in [-0.4, -0.2) is 17.5 Å². The monoisotopic (exact) mass is 371 g/mol. The average Bonchev–Trinajstić information content (AvgIpc) is 2.61. The van der Waals surface area contributed by atoms with Gasteiger partial charge in [-0.3, -0.25) is 9.78 Å². The topological polar surface area (TPSA) is 75.0 Å². The van der Waals surface area contributed by atoms with E-state index in [0.29, 0.717) is 27.5 Å². The second-order valence-corrected chi connectivity index (χ2v) is 5.90. The van der Waals surface area contributed by atoms with Crippen LogP contribution in [0.4, 0.5) is 5.69 Å². The third-order valence-corrected chi connectivity index (χ3v) is 4.05. The van der Waals surface area contributed by atoms with Crippen molar-refractivity contribution < 1.29 is 9.53 Å². The van der Waals surface area contributed by atoms with E-state index >= 15 is 0 Å². The molecule has 3 rings (SSSR count). The van der Waals surface area contributed by atoms with Crippen LogP contribution in [0.1, 0.15) is 5.56 Å². The summed E-state index contributed by atoms with van der Waals surface area (Å²) in [5, 5.41) is 13.1. The lowest BCUT2D eigenvalue weighted by Gasteiger charge is -2.10. The van der Waals surface area contributed by atoms with Gasteiger partial charge in [0.1, 0.15) is 17.3 Å². The summed E-state index contributed by atoms with van der Waals surface area (Å²) >= 11 is 12.1. The number of carbonyl (C=O) groups excluding carboxylic acids is 1. The molecule has 0 spiro atoms. The number of pyridine rings is 1. The van der Waals surface area contributed by atoms with E-state index in [-0.39, 0.29) is 17.5 Å². The fraction of sp³-hybridized carbons (Fsp3) is 0.0556. The lowest BCUT2D eigenvalue weighted by molar-refractivity contribution is -0.118. The van der Waals surface area contributed by atoms with E-state index in [9.17, 15) is 4.79 Å². The van der Waals surface area contributed by atoms with E-state index in [2.05, 4.69) is 10.3 Å².